The number of hydrogen-bond donors (Lipinski definition) is 1. The highest BCUT2D eigenvalue weighted by Gasteiger charge is 2.59. The van der Waals surface area contributed by atoms with Crippen LogP contribution in [0, 0.1) is 0 Å². The predicted molar refractivity (Wildman–Crippen MR) is 116 cm³/mol. The van der Waals surface area contributed by atoms with Crippen molar-refractivity contribution in [1.29, 1.82) is 0 Å². The Morgan fingerprint density at radius 1 is 1.06 bits per heavy atom. The number of carboxylic acids is 1. The molecule has 0 radical (unpaired) electrons. The van der Waals surface area contributed by atoms with Crippen molar-refractivity contribution in [3.8, 4) is 10.4 Å². The number of ether oxygens (including phenoxy) is 1. The number of nitrogens with zero attached hydrogens (tertiary/aromatic N) is 1. The molecule has 1 heterocycles. The summed E-state index contributed by atoms with van der Waals surface area (Å²) in [5, 5.41) is 8.95. The van der Waals surface area contributed by atoms with Crippen molar-refractivity contribution in [2.75, 3.05) is 0 Å². The summed E-state index contributed by atoms with van der Waals surface area (Å²) in [5.74, 6) is -1.21. The van der Waals surface area contributed by atoms with E-state index in [1.807, 2.05) is 0 Å². The second kappa shape index (κ2) is 8.82. The zero-order valence-electron chi connectivity index (χ0n) is 17.0. The molecule has 170 valence electrons. The fourth-order valence-corrected chi connectivity index (χ4v) is 4.21. The van der Waals surface area contributed by atoms with E-state index in [0.29, 0.717) is 10.4 Å². The zero-order chi connectivity index (χ0) is 23.6. The van der Waals surface area contributed by atoms with Crippen LogP contribution in [0.3, 0.4) is 0 Å². The van der Waals surface area contributed by atoms with Crippen molar-refractivity contribution in [3.05, 3.63) is 94.8 Å². The van der Waals surface area contributed by atoms with Crippen LogP contribution in [-0.2, 0) is 11.3 Å². The highest BCUT2D eigenvalue weighted by Crippen LogP contribution is 2.50. The van der Waals surface area contributed by atoms with Gasteiger partial charge in [-0.3, -0.25) is 0 Å². The van der Waals surface area contributed by atoms with Gasteiger partial charge >= 0.3 is 12.1 Å². The van der Waals surface area contributed by atoms with Crippen molar-refractivity contribution in [1.82, 2.24) is 4.98 Å². The molecule has 1 aliphatic carbocycles. The molecule has 3 aromatic rings. The summed E-state index contributed by atoms with van der Waals surface area (Å²) in [5.41, 5.74) is -2.43. The molecule has 1 atom stereocenters. The minimum Gasteiger partial charge on any atom is -0.493 e. The van der Waals surface area contributed by atoms with Crippen molar-refractivity contribution in [3.63, 3.8) is 0 Å². The lowest BCUT2D eigenvalue weighted by Gasteiger charge is -2.33. The van der Waals surface area contributed by atoms with Gasteiger partial charge in [0.1, 0.15) is 12.4 Å². The van der Waals surface area contributed by atoms with Crippen LogP contribution >= 0.6 is 11.3 Å². The average Bonchev–Trinajstić information content (AvgIpc) is 3.29. The molecule has 33 heavy (non-hydrogen) atoms. The molecule has 0 amide bonds. The molecule has 1 aromatic heterocycles. The van der Waals surface area contributed by atoms with Crippen LogP contribution in [0.25, 0.3) is 16.0 Å². The van der Waals surface area contributed by atoms with Gasteiger partial charge < -0.3 is 9.84 Å². The van der Waals surface area contributed by atoms with Crippen LogP contribution in [0.15, 0.2) is 78.7 Å². The predicted octanol–water partition coefficient (Wildman–Crippen LogP) is 6.67. The summed E-state index contributed by atoms with van der Waals surface area (Å²) in [6, 6.07) is 14.5. The fourth-order valence-electron chi connectivity index (χ4n) is 3.45. The first kappa shape index (κ1) is 22.7. The van der Waals surface area contributed by atoms with Crippen LogP contribution in [0.2, 0.25) is 0 Å². The normalized spacial score (nSPS) is 18.4. The molecular formula is C24H17F4NO3S. The first-order valence-corrected chi connectivity index (χ1v) is 10.6. The minimum absolute atomic E-state index is 0.0241. The molecule has 0 aliphatic heterocycles. The third-order valence-electron chi connectivity index (χ3n) is 5.17. The number of alkyl halides is 4. The number of allylic oxidation sites excluding steroid dienone is 4. The summed E-state index contributed by atoms with van der Waals surface area (Å²) in [7, 11) is 0. The Labute approximate surface area is 190 Å². The number of carbonyl (C=O) groups is 1. The molecule has 1 aliphatic rings. The van der Waals surface area contributed by atoms with Crippen molar-refractivity contribution in [2.45, 2.75) is 24.9 Å². The maximum Gasteiger partial charge on any atom is 0.427 e. The molecule has 0 bridgehead atoms. The topological polar surface area (TPSA) is 59.4 Å². The van der Waals surface area contributed by atoms with E-state index < -0.39 is 29.8 Å². The third kappa shape index (κ3) is 4.68. The van der Waals surface area contributed by atoms with Crippen molar-refractivity contribution < 1.29 is 32.2 Å². The summed E-state index contributed by atoms with van der Waals surface area (Å²) in [6.45, 7) is -0.0440. The van der Waals surface area contributed by atoms with Gasteiger partial charge in [-0.15, -0.1) is 11.3 Å². The van der Waals surface area contributed by atoms with Gasteiger partial charge in [-0.2, -0.15) is 13.2 Å². The molecule has 4 nitrogen and oxygen atoms in total. The van der Waals surface area contributed by atoms with E-state index in [4.69, 9.17) is 9.84 Å². The third-order valence-corrected chi connectivity index (χ3v) is 6.20. The summed E-state index contributed by atoms with van der Waals surface area (Å²) >= 11 is 1.03. The number of benzene rings is 2. The highest BCUT2D eigenvalue weighted by molar-refractivity contribution is 7.16. The monoisotopic (exact) mass is 475 g/mol. The lowest BCUT2D eigenvalue weighted by Crippen LogP contribution is -2.43. The molecule has 1 N–H and O–H groups in total. The number of thiazole rings is 1. The molecular weight excluding hydrogens is 458 g/mol. The SMILES string of the molecule is O=C(O)c1ncc(-c2ccc(COC3=CC=C(c4ccccc4)C(F)(C(F)(F)F)C3)cc2)s1. The highest BCUT2D eigenvalue weighted by atomic mass is 32.1. The second-order valence-corrected chi connectivity index (χ2v) is 8.41. The molecule has 0 spiro atoms. The van der Waals surface area contributed by atoms with Gasteiger partial charge in [0.25, 0.3) is 0 Å². The number of aromatic nitrogens is 1. The Kier molecular flexibility index (Phi) is 6.07. The van der Waals surface area contributed by atoms with Gasteiger partial charge in [-0.05, 0) is 22.8 Å². The zero-order valence-corrected chi connectivity index (χ0v) is 17.8. The van der Waals surface area contributed by atoms with Crippen LogP contribution in [0.4, 0.5) is 17.6 Å². The Bertz CT molecular complexity index is 1220. The molecule has 2 aromatic carbocycles. The first-order chi connectivity index (χ1) is 15.7. The molecule has 9 heteroatoms. The number of hydrogen-bond acceptors (Lipinski definition) is 4. The van der Waals surface area contributed by atoms with Gasteiger partial charge in [0.2, 0.25) is 10.7 Å². The molecule has 0 saturated carbocycles. The lowest BCUT2D eigenvalue weighted by atomic mass is 9.82. The molecule has 0 fully saturated rings. The van der Waals surface area contributed by atoms with E-state index >= 15 is 4.39 Å². The van der Waals surface area contributed by atoms with Gasteiger partial charge in [0.15, 0.2) is 0 Å². The van der Waals surface area contributed by atoms with Crippen LogP contribution in [0.1, 0.15) is 27.3 Å². The van der Waals surface area contributed by atoms with Crippen LogP contribution in [-0.4, -0.2) is 27.9 Å². The first-order valence-electron chi connectivity index (χ1n) is 9.81. The summed E-state index contributed by atoms with van der Waals surface area (Å²) in [6.07, 6.45) is -2.11. The van der Waals surface area contributed by atoms with Gasteiger partial charge in [0.05, 0.1) is 11.3 Å². The smallest absolute Gasteiger partial charge is 0.427 e. The fraction of sp³-hybridized carbons (Fsp3) is 0.167. The van der Waals surface area contributed by atoms with Crippen molar-refractivity contribution in [2.24, 2.45) is 0 Å². The number of rotatable bonds is 6. The Morgan fingerprint density at radius 3 is 2.36 bits per heavy atom. The Hall–Kier alpha value is -3.46. The van der Waals surface area contributed by atoms with Gasteiger partial charge in [0, 0.05) is 11.8 Å². The average molecular weight is 475 g/mol. The second-order valence-electron chi connectivity index (χ2n) is 7.38. The molecule has 1 unspecified atom stereocenters. The maximum atomic E-state index is 15.3. The number of halogens is 4. The van der Waals surface area contributed by atoms with E-state index in [-0.39, 0.29) is 22.9 Å². The van der Waals surface area contributed by atoms with Crippen LogP contribution < -0.4 is 0 Å². The quantitative estimate of drug-likeness (QED) is 0.405. The molecule has 0 saturated heterocycles. The van der Waals surface area contributed by atoms with Crippen LogP contribution in [0.5, 0.6) is 0 Å². The van der Waals surface area contributed by atoms with Crippen molar-refractivity contribution >= 4 is 22.9 Å². The van der Waals surface area contributed by atoms with E-state index in [0.717, 1.165) is 23.0 Å². The summed E-state index contributed by atoms with van der Waals surface area (Å²) < 4.78 is 62.0. The standard InChI is InChI=1S/C24H17F4NO3S/c25-23(24(26,27)28)12-18(10-11-19(23)16-4-2-1-3-5-16)32-14-15-6-8-17(9-7-15)20-13-29-21(33-20)22(30)31/h1-11,13H,12,14H2,(H,30,31). The van der Waals surface area contributed by atoms with E-state index in [1.54, 1.807) is 42.5 Å². The Morgan fingerprint density at radius 2 is 1.76 bits per heavy atom. The molecule has 4 rings (SSSR count). The van der Waals surface area contributed by atoms with Gasteiger partial charge in [-0.25, -0.2) is 14.2 Å². The number of aromatic carboxylic acids is 1. The maximum absolute atomic E-state index is 15.3. The minimum atomic E-state index is -5.11. The number of carboxylic acid groups (broad SMARTS) is 1. The Balaban J connectivity index is 1.49. The largest absolute Gasteiger partial charge is 0.493 e. The van der Waals surface area contributed by atoms with E-state index in [9.17, 15) is 18.0 Å². The lowest BCUT2D eigenvalue weighted by molar-refractivity contribution is -0.209. The van der Waals surface area contributed by atoms with E-state index in [1.165, 1.54) is 24.4 Å². The summed E-state index contributed by atoms with van der Waals surface area (Å²) in [4.78, 5) is 15.5. The van der Waals surface area contributed by atoms with E-state index in [2.05, 4.69) is 4.98 Å². The van der Waals surface area contributed by atoms with Gasteiger partial charge in [-0.1, -0.05) is 60.7 Å².